The first-order valence-corrected chi connectivity index (χ1v) is 6.32. The number of benzene rings is 1. The maximum Gasteiger partial charge on any atom is 0.170 e. The molecule has 112 valence electrons. The van der Waals surface area contributed by atoms with E-state index in [0.717, 1.165) is 11.4 Å². The first kappa shape index (κ1) is 14.7. The molecule has 1 aromatic heterocycles. The lowest BCUT2D eigenvalue weighted by Crippen LogP contribution is -2.13. The van der Waals surface area contributed by atoms with Gasteiger partial charge in [-0.1, -0.05) is 5.16 Å². The van der Waals surface area contributed by atoms with Crippen molar-refractivity contribution in [1.82, 2.24) is 9.78 Å². The summed E-state index contributed by atoms with van der Waals surface area (Å²) in [7, 11) is 3.40. The van der Waals surface area contributed by atoms with Gasteiger partial charge in [0.2, 0.25) is 0 Å². The number of methoxy groups -OCH3 is 1. The van der Waals surface area contributed by atoms with Crippen molar-refractivity contribution in [2.75, 3.05) is 7.11 Å². The lowest BCUT2D eigenvalue weighted by Gasteiger charge is -2.10. The van der Waals surface area contributed by atoms with Gasteiger partial charge in [0, 0.05) is 18.7 Å². The highest BCUT2D eigenvalue weighted by Gasteiger charge is 2.08. The number of rotatable bonds is 5. The van der Waals surface area contributed by atoms with Crippen molar-refractivity contribution >= 4 is 5.84 Å². The molecule has 1 heterocycles. The zero-order valence-electron chi connectivity index (χ0n) is 12.2. The molecule has 21 heavy (non-hydrogen) atoms. The number of ether oxygens (including phenoxy) is 2. The topological polar surface area (TPSA) is 94.9 Å². The summed E-state index contributed by atoms with van der Waals surface area (Å²) in [6.07, 6.45) is 0. The van der Waals surface area contributed by atoms with Gasteiger partial charge in [-0.05, 0) is 25.1 Å². The normalized spacial score (nSPS) is 11.5. The third-order valence-electron chi connectivity index (χ3n) is 3.00. The van der Waals surface area contributed by atoms with Gasteiger partial charge in [-0.2, -0.15) is 5.10 Å². The Morgan fingerprint density at radius 2 is 2.05 bits per heavy atom. The van der Waals surface area contributed by atoms with Gasteiger partial charge in [-0.25, -0.2) is 0 Å². The summed E-state index contributed by atoms with van der Waals surface area (Å²) >= 11 is 0. The van der Waals surface area contributed by atoms with Crippen LogP contribution in [0.15, 0.2) is 29.4 Å². The molecule has 0 amide bonds. The van der Waals surface area contributed by atoms with Crippen molar-refractivity contribution in [2.45, 2.75) is 13.5 Å². The summed E-state index contributed by atoms with van der Waals surface area (Å²) in [6, 6.07) is 7.03. The van der Waals surface area contributed by atoms with E-state index in [1.54, 1.807) is 30.0 Å². The predicted molar refractivity (Wildman–Crippen MR) is 77.8 cm³/mol. The van der Waals surface area contributed by atoms with Gasteiger partial charge in [0.05, 0.1) is 18.5 Å². The van der Waals surface area contributed by atoms with Crippen LogP contribution in [0.1, 0.15) is 17.0 Å². The monoisotopic (exact) mass is 290 g/mol. The molecule has 2 aromatic rings. The number of aryl methyl sites for hydroxylation is 2. The molecule has 0 spiro atoms. The molecule has 0 aliphatic rings. The van der Waals surface area contributed by atoms with Crippen molar-refractivity contribution < 1.29 is 14.7 Å². The zero-order chi connectivity index (χ0) is 15.4. The maximum atomic E-state index is 8.76. The van der Waals surface area contributed by atoms with E-state index in [1.165, 1.54) is 0 Å². The number of aromatic nitrogens is 2. The minimum atomic E-state index is -0.00451. The van der Waals surface area contributed by atoms with Gasteiger partial charge >= 0.3 is 0 Å². The molecule has 0 atom stereocenters. The number of amidine groups is 1. The minimum Gasteiger partial charge on any atom is -0.497 e. The first-order chi connectivity index (χ1) is 10.0. The second-order valence-electron chi connectivity index (χ2n) is 4.57. The van der Waals surface area contributed by atoms with Crippen LogP contribution in [0.25, 0.3) is 0 Å². The Hall–Kier alpha value is -2.70. The number of nitrogens with two attached hydrogens (primary N) is 1. The Balaban J connectivity index is 2.21. The quantitative estimate of drug-likeness (QED) is 0.376. The van der Waals surface area contributed by atoms with E-state index < -0.39 is 0 Å². The molecular weight excluding hydrogens is 272 g/mol. The molecule has 7 nitrogen and oxygen atoms in total. The Morgan fingerprint density at radius 3 is 2.62 bits per heavy atom. The van der Waals surface area contributed by atoms with Crippen LogP contribution < -0.4 is 15.2 Å². The van der Waals surface area contributed by atoms with Crippen molar-refractivity contribution in [2.24, 2.45) is 17.9 Å². The van der Waals surface area contributed by atoms with Crippen LogP contribution in [0.3, 0.4) is 0 Å². The van der Waals surface area contributed by atoms with Gasteiger partial charge in [-0.3, -0.25) is 4.68 Å². The largest absolute Gasteiger partial charge is 0.497 e. The summed E-state index contributed by atoms with van der Waals surface area (Å²) in [6.45, 7) is 2.28. The molecule has 0 aliphatic heterocycles. The standard InChI is InChI=1S/C14H18N4O3/c1-9-4-11(18(2)16-9)8-21-13-6-10(14(15)17-19)5-12(7-13)20-3/h4-7,19H,8H2,1-3H3,(H2,15,17). The highest BCUT2D eigenvalue weighted by atomic mass is 16.5. The van der Waals surface area contributed by atoms with Crippen molar-refractivity contribution in [1.29, 1.82) is 0 Å². The lowest BCUT2D eigenvalue weighted by molar-refractivity contribution is 0.292. The summed E-state index contributed by atoms with van der Waals surface area (Å²) < 4.78 is 12.7. The number of hydrogen-bond donors (Lipinski definition) is 2. The van der Waals surface area contributed by atoms with E-state index in [4.69, 9.17) is 20.4 Å². The average molecular weight is 290 g/mol. The Bertz CT molecular complexity index is 664. The molecule has 7 heteroatoms. The SMILES string of the molecule is COc1cc(OCc2cc(C)nn2C)cc(/C(N)=N/O)c1. The second-order valence-corrected chi connectivity index (χ2v) is 4.57. The van der Waals surface area contributed by atoms with Crippen LogP contribution in [0.5, 0.6) is 11.5 Å². The number of nitrogens with zero attached hydrogens (tertiary/aromatic N) is 3. The van der Waals surface area contributed by atoms with Gasteiger partial charge in [0.15, 0.2) is 5.84 Å². The van der Waals surface area contributed by atoms with Gasteiger partial charge in [0.25, 0.3) is 0 Å². The fraction of sp³-hybridized carbons (Fsp3) is 0.286. The van der Waals surface area contributed by atoms with Crippen LogP contribution in [0, 0.1) is 6.92 Å². The number of oxime groups is 1. The third kappa shape index (κ3) is 3.44. The molecule has 2 rings (SSSR count). The molecule has 3 N–H and O–H groups in total. The third-order valence-corrected chi connectivity index (χ3v) is 3.00. The van der Waals surface area contributed by atoms with E-state index in [0.29, 0.717) is 23.7 Å². The van der Waals surface area contributed by atoms with Gasteiger partial charge in [-0.15, -0.1) is 0 Å². The maximum absolute atomic E-state index is 8.76. The molecule has 0 saturated carbocycles. The molecule has 0 aliphatic carbocycles. The van der Waals surface area contributed by atoms with Crippen LogP contribution in [-0.2, 0) is 13.7 Å². The van der Waals surface area contributed by atoms with E-state index >= 15 is 0 Å². The fourth-order valence-corrected chi connectivity index (χ4v) is 1.94. The van der Waals surface area contributed by atoms with E-state index in [-0.39, 0.29) is 5.84 Å². The highest BCUT2D eigenvalue weighted by molar-refractivity contribution is 5.97. The van der Waals surface area contributed by atoms with E-state index in [2.05, 4.69) is 10.3 Å². The van der Waals surface area contributed by atoms with Crippen LogP contribution >= 0.6 is 0 Å². The summed E-state index contributed by atoms with van der Waals surface area (Å²) in [5.41, 5.74) is 7.99. The lowest BCUT2D eigenvalue weighted by atomic mass is 10.2. The van der Waals surface area contributed by atoms with Gasteiger partial charge in [0.1, 0.15) is 18.1 Å². The number of hydrogen-bond acceptors (Lipinski definition) is 5. The molecule has 0 unspecified atom stereocenters. The zero-order valence-corrected chi connectivity index (χ0v) is 12.2. The molecular formula is C14H18N4O3. The van der Waals surface area contributed by atoms with Crippen LogP contribution in [0.4, 0.5) is 0 Å². The second kappa shape index (κ2) is 6.17. The van der Waals surface area contributed by atoms with E-state index in [9.17, 15) is 0 Å². The summed E-state index contributed by atoms with van der Waals surface area (Å²) in [5.74, 6) is 1.13. The summed E-state index contributed by atoms with van der Waals surface area (Å²) in [5, 5.41) is 16.0. The fourth-order valence-electron chi connectivity index (χ4n) is 1.94. The Labute approximate surface area is 122 Å². The Kier molecular flexibility index (Phi) is 4.32. The average Bonchev–Trinajstić information content (AvgIpc) is 2.81. The Morgan fingerprint density at radius 1 is 1.33 bits per heavy atom. The minimum absolute atomic E-state index is 0.00451. The first-order valence-electron chi connectivity index (χ1n) is 6.32. The summed E-state index contributed by atoms with van der Waals surface area (Å²) in [4.78, 5) is 0. The highest BCUT2D eigenvalue weighted by Crippen LogP contribution is 2.23. The van der Waals surface area contributed by atoms with Crippen LogP contribution in [0.2, 0.25) is 0 Å². The molecule has 0 fully saturated rings. The smallest absolute Gasteiger partial charge is 0.170 e. The molecule has 1 aromatic carbocycles. The molecule has 0 radical (unpaired) electrons. The van der Waals surface area contributed by atoms with E-state index in [1.807, 2.05) is 20.0 Å². The predicted octanol–water partition coefficient (Wildman–Crippen LogP) is 1.41. The molecule has 0 saturated heterocycles. The van der Waals surface area contributed by atoms with Crippen molar-refractivity contribution in [3.8, 4) is 11.5 Å². The van der Waals surface area contributed by atoms with Crippen molar-refractivity contribution in [3.63, 3.8) is 0 Å². The molecule has 0 bridgehead atoms. The van der Waals surface area contributed by atoms with Crippen LogP contribution in [-0.4, -0.2) is 27.9 Å². The van der Waals surface area contributed by atoms with Gasteiger partial charge < -0.3 is 20.4 Å². The van der Waals surface area contributed by atoms with Crippen molar-refractivity contribution in [3.05, 3.63) is 41.2 Å².